The first-order chi connectivity index (χ1) is 28.0. The lowest BCUT2D eigenvalue weighted by Crippen LogP contribution is -2.46. The highest BCUT2D eigenvalue weighted by molar-refractivity contribution is 5.77. The van der Waals surface area contributed by atoms with Crippen molar-refractivity contribution in [3.63, 3.8) is 0 Å². The normalized spacial score (nSPS) is 13.8. The second-order valence-electron chi connectivity index (χ2n) is 16.3. The standard InChI is InChI=1S/C51H91NO5/c1-4-7-10-13-16-19-22-24-25-27-28-31-34-37-40-43-49(54)48(46-53)52-50(55)45-47(42-39-36-33-30-21-18-15-12-9-6-3)57-51(56)44-41-38-35-32-29-26-23-20-17-14-11-8-5-2/h8,11,14,17,20,23,26,29,32,35,47-49,53-54H,4-7,9-10,12-13,15-16,18-19,21-22,24-25,27-28,30-31,33-34,36-46H2,1-3H3,(H,52,55)/b11-8+,17-14+,23-20-,29-26-,35-32+. The molecule has 57 heavy (non-hydrogen) atoms. The van der Waals surface area contributed by atoms with Crippen molar-refractivity contribution in [1.29, 1.82) is 0 Å². The average molecular weight is 798 g/mol. The zero-order valence-electron chi connectivity index (χ0n) is 37.5. The van der Waals surface area contributed by atoms with Crippen molar-refractivity contribution < 1.29 is 24.5 Å². The lowest BCUT2D eigenvalue weighted by Gasteiger charge is -2.24. The first-order valence-electron chi connectivity index (χ1n) is 24.1. The largest absolute Gasteiger partial charge is 0.462 e. The lowest BCUT2D eigenvalue weighted by molar-refractivity contribution is -0.151. The second-order valence-corrected chi connectivity index (χ2v) is 16.3. The van der Waals surface area contributed by atoms with Crippen molar-refractivity contribution >= 4 is 11.9 Å². The molecule has 1 amide bonds. The Kier molecular flexibility index (Phi) is 42.7. The molecule has 0 rings (SSSR count). The fourth-order valence-corrected chi connectivity index (χ4v) is 7.11. The van der Waals surface area contributed by atoms with Gasteiger partial charge >= 0.3 is 5.97 Å². The fourth-order valence-electron chi connectivity index (χ4n) is 7.11. The van der Waals surface area contributed by atoms with Crippen molar-refractivity contribution in [2.24, 2.45) is 0 Å². The Bertz CT molecular complexity index is 1030. The van der Waals surface area contributed by atoms with Gasteiger partial charge in [0.2, 0.25) is 5.91 Å². The molecular formula is C51H91NO5. The third-order valence-electron chi connectivity index (χ3n) is 10.7. The van der Waals surface area contributed by atoms with E-state index in [0.717, 1.165) is 51.4 Å². The summed E-state index contributed by atoms with van der Waals surface area (Å²) < 4.78 is 5.86. The maximum absolute atomic E-state index is 13.1. The summed E-state index contributed by atoms with van der Waals surface area (Å²) in [6, 6.07) is -0.714. The number of esters is 1. The van der Waals surface area contributed by atoms with Crippen LogP contribution in [-0.2, 0) is 14.3 Å². The number of aliphatic hydroxyl groups excluding tert-OH is 2. The molecule has 3 N–H and O–H groups in total. The Morgan fingerprint density at radius 1 is 0.526 bits per heavy atom. The van der Waals surface area contributed by atoms with E-state index in [9.17, 15) is 19.8 Å². The van der Waals surface area contributed by atoms with Crippen molar-refractivity contribution in [2.45, 2.75) is 244 Å². The van der Waals surface area contributed by atoms with Crippen molar-refractivity contribution in [3.05, 3.63) is 60.8 Å². The summed E-state index contributed by atoms with van der Waals surface area (Å²) in [5.74, 6) is -0.561. The summed E-state index contributed by atoms with van der Waals surface area (Å²) in [6.45, 7) is 6.31. The van der Waals surface area contributed by atoms with Gasteiger partial charge in [-0.15, -0.1) is 0 Å². The van der Waals surface area contributed by atoms with Crippen LogP contribution in [0.5, 0.6) is 0 Å². The minimum atomic E-state index is -0.798. The molecule has 0 bridgehead atoms. The fraction of sp³-hybridized carbons (Fsp3) is 0.765. The Hall–Kier alpha value is -2.44. The number of rotatable bonds is 42. The van der Waals surface area contributed by atoms with Gasteiger partial charge in [0.05, 0.1) is 25.2 Å². The SMILES string of the molecule is CC/C=C/C=C/C=C\C=C/C=C/CCCC(=O)OC(CCCCCCCCCCCC)CC(=O)NC(CO)C(O)CCCCCCCCCCCCCCCCC. The van der Waals surface area contributed by atoms with Crippen molar-refractivity contribution in [2.75, 3.05) is 6.61 Å². The number of nitrogens with one attached hydrogen (secondary N) is 1. The molecule has 0 aliphatic heterocycles. The zero-order valence-corrected chi connectivity index (χ0v) is 37.5. The predicted octanol–water partition coefficient (Wildman–Crippen LogP) is 14.1. The van der Waals surface area contributed by atoms with Crippen LogP contribution in [0.4, 0.5) is 0 Å². The highest BCUT2D eigenvalue weighted by Gasteiger charge is 2.24. The number of unbranched alkanes of at least 4 members (excludes halogenated alkanes) is 24. The first kappa shape index (κ1) is 54.6. The molecule has 6 nitrogen and oxygen atoms in total. The Labute approximate surface area is 352 Å². The number of carbonyl (C=O) groups is 2. The van der Waals surface area contributed by atoms with Crippen LogP contribution in [0.1, 0.15) is 226 Å². The summed E-state index contributed by atoms with van der Waals surface area (Å²) in [5, 5.41) is 23.7. The summed E-state index contributed by atoms with van der Waals surface area (Å²) in [5.41, 5.74) is 0. The number of hydrogen-bond acceptors (Lipinski definition) is 5. The third-order valence-corrected chi connectivity index (χ3v) is 10.7. The van der Waals surface area contributed by atoms with Gasteiger partial charge in [-0.3, -0.25) is 9.59 Å². The molecular weight excluding hydrogens is 707 g/mol. The Balaban J connectivity index is 4.60. The van der Waals surface area contributed by atoms with Crippen LogP contribution >= 0.6 is 0 Å². The van der Waals surface area contributed by atoms with Gasteiger partial charge in [-0.2, -0.15) is 0 Å². The van der Waals surface area contributed by atoms with Crippen LogP contribution in [0.15, 0.2) is 60.8 Å². The summed E-state index contributed by atoms with van der Waals surface area (Å²) in [4.78, 5) is 26.0. The molecule has 330 valence electrons. The molecule has 0 aliphatic carbocycles. The molecule has 0 aromatic rings. The molecule has 3 unspecified atom stereocenters. The number of allylic oxidation sites excluding steroid dienone is 10. The molecule has 0 heterocycles. The first-order valence-corrected chi connectivity index (χ1v) is 24.1. The van der Waals surface area contributed by atoms with Crippen LogP contribution in [0, 0.1) is 0 Å². The van der Waals surface area contributed by atoms with Gasteiger partial charge in [0.25, 0.3) is 0 Å². The van der Waals surface area contributed by atoms with Gasteiger partial charge in [0.1, 0.15) is 6.10 Å². The van der Waals surface area contributed by atoms with E-state index in [2.05, 4.69) is 32.2 Å². The van der Waals surface area contributed by atoms with E-state index in [0.29, 0.717) is 25.7 Å². The lowest BCUT2D eigenvalue weighted by atomic mass is 10.0. The summed E-state index contributed by atoms with van der Waals surface area (Å²) >= 11 is 0. The smallest absolute Gasteiger partial charge is 0.306 e. The van der Waals surface area contributed by atoms with Crippen LogP contribution < -0.4 is 5.32 Å². The maximum Gasteiger partial charge on any atom is 0.306 e. The maximum atomic E-state index is 13.1. The molecule has 6 heteroatoms. The van der Waals surface area contributed by atoms with E-state index in [4.69, 9.17) is 4.74 Å². The van der Waals surface area contributed by atoms with Crippen molar-refractivity contribution in [1.82, 2.24) is 5.32 Å². The summed E-state index contributed by atoms with van der Waals surface area (Å²) in [7, 11) is 0. The van der Waals surface area contributed by atoms with E-state index in [1.807, 2.05) is 54.7 Å². The minimum Gasteiger partial charge on any atom is -0.462 e. The topological polar surface area (TPSA) is 95.9 Å². The molecule has 0 aromatic heterocycles. The number of hydrogen-bond donors (Lipinski definition) is 3. The number of ether oxygens (including phenoxy) is 1. The highest BCUT2D eigenvalue weighted by Crippen LogP contribution is 2.18. The van der Waals surface area contributed by atoms with E-state index >= 15 is 0 Å². The molecule has 3 atom stereocenters. The third kappa shape index (κ3) is 40.1. The van der Waals surface area contributed by atoms with Gasteiger partial charge in [-0.25, -0.2) is 0 Å². The molecule has 0 saturated carbocycles. The summed E-state index contributed by atoms with van der Waals surface area (Å²) in [6.07, 6.45) is 54.3. The van der Waals surface area contributed by atoms with Crippen LogP contribution in [0.25, 0.3) is 0 Å². The van der Waals surface area contributed by atoms with E-state index in [-0.39, 0.29) is 24.9 Å². The van der Waals surface area contributed by atoms with E-state index in [1.165, 1.54) is 122 Å². The monoisotopic (exact) mass is 798 g/mol. The van der Waals surface area contributed by atoms with Gasteiger partial charge < -0.3 is 20.3 Å². The van der Waals surface area contributed by atoms with Crippen LogP contribution in [-0.4, -0.2) is 46.9 Å². The molecule has 0 aromatic carbocycles. The van der Waals surface area contributed by atoms with Gasteiger partial charge in [-0.05, 0) is 38.5 Å². The van der Waals surface area contributed by atoms with Crippen molar-refractivity contribution in [3.8, 4) is 0 Å². The average Bonchev–Trinajstić information content (AvgIpc) is 3.20. The molecule has 0 fully saturated rings. The molecule has 0 aliphatic rings. The molecule has 0 saturated heterocycles. The van der Waals surface area contributed by atoms with Gasteiger partial charge in [-0.1, -0.05) is 236 Å². The Morgan fingerprint density at radius 2 is 0.930 bits per heavy atom. The highest BCUT2D eigenvalue weighted by atomic mass is 16.5. The Morgan fingerprint density at radius 3 is 1.37 bits per heavy atom. The molecule has 0 radical (unpaired) electrons. The minimum absolute atomic E-state index is 0.0492. The number of amides is 1. The quantitative estimate of drug-likeness (QED) is 0.0325. The molecule has 0 spiro atoms. The second kappa shape index (κ2) is 44.7. The zero-order chi connectivity index (χ0) is 41.7. The predicted molar refractivity (Wildman–Crippen MR) is 245 cm³/mol. The van der Waals surface area contributed by atoms with Crippen LogP contribution in [0.2, 0.25) is 0 Å². The van der Waals surface area contributed by atoms with Gasteiger partial charge in [0, 0.05) is 6.42 Å². The van der Waals surface area contributed by atoms with Crippen LogP contribution in [0.3, 0.4) is 0 Å². The van der Waals surface area contributed by atoms with E-state index in [1.54, 1.807) is 0 Å². The number of aliphatic hydroxyl groups is 2. The van der Waals surface area contributed by atoms with Gasteiger partial charge in [0.15, 0.2) is 0 Å². The van der Waals surface area contributed by atoms with E-state index < -0.39 is 18.2 Å². The number of carbonyl (C=O) groups excluding carboxylic acids is 2.